The highest BCUT2D eigenvalue weighted by molar-refractivity contribution is 14.0. The fraction of sp³-hybridized carbons (Fsp3) is 0.480. The van der Waals surface area contributed by atoms with Gasteiger partial charge < -0.3 is 29.2 Å². The van der Waals surface area contributed by atoms with Crippen LogP contribution in [0, 0.1) is 5.92 Å². The molecule has 0 bridgehead atoms. The number of aliphatic imine (C=N–C) groups is 1. The highest BCUT2D eigenvalue weighted by Gasteiger charge is 2.24. The molecule has 0 aliphatic carbocycles. The van der Waals surface area contributed by atoms with Gasteiger partial charge in [-0.15, -0.1) is 24.0 Å². The molecule has 0 aromatic heterocycles. The lowest BCUT2D eigenvalue weighted by Gasteiger charge is -2.21. The van der Waals surface area contributed by atoms with Crippen LogP contribution in [0.3, 0.4) is 0 Å². The standard InChI is InChI=1S/C25H35N3O4.HI/c1-4-26-25(28-14-13-21(18-28)19-31-16-15-29-2)27-17-20-9-11-22(12-10-20)32-24-8-6-5-7-23(24)30-3;/h5-12,21H,4,13-19H2,1-3H3,(H,26,27);1H. The minimum Gasteiger partial charge on any atom is -0.493 e. The van der Waals surface area contributed by atoms with Crippen molar-refractivity contribution in [3.05, 3.63) is 54.1 Å². The fourth-order valence-electron chi connectivity index (χ4n) is 3.64. The minimum atomic E-state index is 0. The average Bonchev–Trinajstić information content (AvgIpc) is 3.29. The zero-order chi connectivity index (χ0) is 22.6. The molecule has 33 heavy (non-hydrogen) atoms. The number of nitrogens with one attached hydrogen (secondary N) is 1. The summed E-state index contributed by atoms with van der Waals surface area (Å²) in [6, 6.07) is 15.7. The predicted molar refractivity (Wildman–Crippen MR) is 142 cm³/mol. The van der Waals surface area contributed by atoms with Gasteiger partial charge in [0, 0.05) is 32.7 Å². The van der Waals surface area contributed by atoms with Gasteiger partial charge in [0.05, 0.1) is 33.5 Å². The maximum absolute atomic E-state index is 5.96. The van der Waals surface area contributed by atoms with E-state index in [4.69, 9.17) is 23.9 Å². The number of likely N-dealkylation sites (tertiary alicyclic amines) is 1. The Hall–Kier alpha value is -2.04. The number of hydrogen-bond donors (Lipinski definition) is 1. The van der Waals surface area contributed by atoms with Crippen LogP contribution in [0.5, 0.6) is 17.2 Å². The topological polar surface area (TPSA) is 64.6 Å². The molecule has 0 saturated carbocycles. The van der Waals surface area contributed by atoms with Crippen LogP contribution < -0.4 is 14.8 Å². The SMILES string of the molecule is CCNC(=NCc1ccc(Oc2ccccc2OC)cc1)N1CCC(COCCOC)C1.I. The molecule has 1 fully saturated rings. The lowest BCUT2D eigenvalue weighted by atomic mass is 10.1. The number of benzene rings is 2. The molecule has 3 rings (SSSR count). The molecule has 2 aromatic rings. The first kappa shape index (κ1) is 27.2. The van der Waals surface area contributed by atoms with Crippen molar-refractivity contribution in [2.75, 3.05) is 53.7 Å². The Labute approximate surface area is 214 Å². The molecule has 0 radical (unpaired) electrons. The summed E-state index contributed by atoms with van der Waals surface area (Å²) in [5.74, 6) is 3.67. The second-order valence-corrected chi connectivity index (χ2v) is 7.74. The van der Waals surface area contributed by atoms with Crippen LogP contribution in [-0.2, 0) is 16.0 Å². The molecular weight excluding hydrogens is 533 g/mol. The number of halogens is 1. The second-order valence-electron chi connectivity index (χ2n) is 7.74. The molecule has 1 N–H and O–H groups in total. The Bertz CT molecular complexity index is 848. The Kier molecular flexibility index (Phi) is 12.3. The van der Waals surface area contributed by atoms with Gasteiger partial charge in [0.1, 0.15) is 5.75 Å². The molecule has 0 spiro atoms. The molecule has 1 heterocycles. The van der Waals surface area contributed by atoms with Gasteiger partial charge in [0.2, 0.25) is 0 Å². The zero-order valence-corrected chi connectivity index (χ0v) is 22.1. The lowest BCUT2D eigenvalue weighted by molar-refractivity contribution is 0.0536. The van der Waals surface area contributed by atoms with Crippen LogP contribution in [0.4, 0.5) is 0 Å². The molecule has 1 unspecified atom stereocenters. The van der Waals surface area contributed by atoms with Crippen LogP contribution in [0.25, 0.3) is 0 Å². The van der Waals surface area contributed by atoms with Crippen molar-refractivity contribution in [2.24, 2.45) is 10.9 Å². The summed E-state index contributed by atoms with van der Waals surface area (Å²) < 4.78 is 22.1. The molecule has 7 nitrogen and oxygen atoms in total. The molecule has 2 aromatic carbocycles. The van der Waals surface area contributed by atoms with E-state index in [0.29, 0.717) is 37.2 Å². The first-order chi connectivity index (χ1) is 15.7. The van der Waals surface area contributed by atoms with Crippen LogP contribution in [-0.4, -0.2) is 64.5 Å². The summed E-state index contributed by atoms with van der Waals surface area (Å²) in [6.45, 7) is 7.58. The van der Waals surface area contributed by atoms with Gasteiger partial charge in [0.15, 0.2) is 17.5 Å². The van der Waals surface area contributed by atoms with E-state index >= 15 is 0 Å². The van der Waals surface area contributed by atoms with E-state index in [1.54, 1.807) is 14.2 Å². The Morgan fingerprint density at radius 2 is 1.82 bits per heavy atom. The Morgan fingerprint density at radius 1 is 1.06 bits per heavy atom. The van der Waals surface area contributed by atoms with Crippen molar-refractivity contribution in [3.63, 3.8) is 0 Å². The first-order valence-corrected chi connectivity index (χ1v) is 11.2. The number of para-hydroxylation sites is 2. The summed E-state index contributed by atoms with van der Waals surface area (Å²) in [4.78, 5) is 7.19. The van der Waals surface area contributed by atoms with Crippen LogP contribution in [0.1, 0.15) is 18.9 Å². The zero-order valence-electron chi connectivity index (χ0n) is 19.8. The van der Waals surface area contributed by atoms with Crippen molar-refractivity contribution in [2.45, 2.75) is 19.9 Å². The minimum absolute atomic E-state index is 0. The molecule has 8 heteroatoms. The van der Waals surface area contributed by atoms with E-state index < -0.39 is 0 Å². The summed E-state index contributed by atoms with van der Waals surface area (Å²) in [6.07, 6.45) is 1.12. The molecular formula is C25H36IN3O4. The van der Waals surface area contributed by atoms with Gasteiger partial charge in [-0.05, 0) is 43.2 Å². The van der Waals surface area contributed by atoms with E-state index in [2.05, 4.69) is 17.1 Å². The van der Waals surface area contributed by atoms with E-state index in [0.717, 1.165) is 49.9 Å². The third kappa shape index (κ3) is 8.68. The summed E-state index contributed by atoms with van der Waals surface area (Å²) in [5, 5.41) is 3.42. The summed E-state index contributed by atoms with van der Waals surface area (Å²) in [7, 11) is 3.34. The molecule has 1 atom stereocenters. The van der Waals surface area contributed by atoms with Gasteiger partial charge in [-0.1, -0.05) is 24.3 Å². The van der Waals surface area contributed by atoms with Gasteiger partial charge in [0.25, 0.3) is 0 Å². The number of methoxy groups -OCH3 is 2. The molecule has 1 aliphatic heterocycles. The number of guanidine groups is 1. The largest absolute Gasteiger partial charge is 0.493 e. The number of hydrogen-bond acceptors (Lipinski definition) is 5. The van der Waals surface area contributed by atoms with Gasteiger partial charge in [-0.25, -0.2) is 4.99 Å². The second kappa shape index (κ2) is 15.0. The number of rotatable bonds is 11. The van der Waals surface area contributed by atoms with Crippen molar-refractivity contribution >= 4 is 29.9 Å². The van der Waals surface area contributed by atoms with Crippen molar-refractivity contribution in [3.8, 4) is 17.2 Å². The fourth-order valence-corrected chi connectivity index (χ4v) is 3.64. The molecule has 182 valence electrons. The Morgan fingerprint density at radius 3 is 2.52 bits per heavy atom. The predicted octanol–water partition coefficient (Wildman–Crippen LogP) is 4.56. The third-order valence-electron chi connectivity index (χ3n) is 5.34. The lowest BCUT2D eigenvalue weighted by Crippen LogP contribution is -2.40. The highest BCUT2D eigenvalue weighted by Crippen LogP contribution is 2.31. The summed E-state index contributed by atoms with van der Waals surface area (Å²) in [5.41, 5.74) is 1.13. The molecule has 0 amide bonds. The first-order valence-electron chi connectivity index (χ1n) is 11.2. The van der Waals surface area contributed by atoms with Crippen LogP contribution in [0.15, 0.2) is 53.5 Å². The summed E-state index contributed by atoms with van der Waals surface area (Å²) >= 11 is 0. The van der Waals surface area contributed by atoms with E-state index in [1.165, 1.54) is 0 Å². The van der Waals surface area contributed by atoms with E-state index in [1.807, 2.05) is 48.5 Å². The molecule has 1 aliphatic rings. The van der Waals surface area contributed by atoms with E-state index in [-0.39, 0.29) is 24.0 Å². The van der Waals surface area contributed by atoms with Crippen molar-refractivity contribution in [1.82, 2.24) is 10.2 Å². The Balaban J connectivity index is 0.00000385. The van der Waals surface area contributed by atoms with Gasteiger partial charge in [-0.2, -0.15) is 0 Å². The quantitative estimate of drug-likeness (QED) is 0.185. The molecule has 1 saturated heterocycles. The van der Waals surface area contributed by atoms with Crippen LogP contribution in [0.2, 0.25) is 0 Å². The average molecular weight is 569 g/mol. The van der Waals surface area contributed by atoms with Crippen LogP contribution >= 0.6 is 24.0 Å². The monoisotopic (exact) mass is 569 g/mol. The third-order valence-corrected chi connectivity index (χ3v) is 5.34. The van der Waals surface area contributed by atoms with Crippen molar-refractivity contribution < 1.29 is 18.9 Å². The number of nitrogens with zero attached hydrogens (tertiary/aromatic N) is 2. The number of ether oxygens (including phenoxy) is 4. The highest BCUT2D eigenvalue weighted by atomic mass is 127. The smallest absolute Gasteiger partial charge is 0.194 e. The van der Waals surface area contributed by atoms with E-state index in [9.17, 15) is 0 Å². The van der Waals surface area contributed by atoms with Crippen molar-refractivity contribution in [1.29, 1.82) is 0 Å². The van der Waals surface area contributed by atoms with Gasteiger partial charge >= 0.3 is 0 Å². The maximum atomic E-state index is 5.96. The maximum Gasteiger partial charge on any atom is 0.194 e. The van der Waals surface area contributed by atoms with Gasteiger partial charge in [-0.3, -0.25) is 0 Å². The normalized spacial score (nSPS) is 15.8.